The Morgan fingerprint density at radius 1 is 1.08 bits per heavy atom. The fourth-order valence-corrected chi connectivity index (χ4v) is 9.18. The highest BCUT2D eigenvalue weighted by Gasteiger charge is 3.01. The van der Waals surface area contributed by atoms with Crippen molar-refractivity contribution in [3.8, 4) is 0 Å². The lowest BCUT2D eigenvalue weighted by Gasteiger charge is -2.54. The molecule has 37 heavy (non-hydrogen) atoms. The van der Waals surface area contributed by atoms with Gasteiger partial charge in [-0.1, -0.05) is 20.8 Å². The van der Waals surface area contributed by atoms with Crippen LogP contribution in [-0.2, 0) is 33.2 Å². The molecule has 0 bridgehead atoms. The summed E-state index contributed by atoms with van der Waals surface area (Å²) >= 11 is 0. The van der Waals surface area contributed by atoms with Gasteiger partial charge in [0.05, 0.1) is 12.7 Å². The molecule has 5 heterocycles. The van der Waals surface area contributed by atoms with Crippen molar-refractivity contribution < 1.29 is 53.6 Å². The highest BCUT2D eigenvalue weighted by molar-refractivity contribution is 5.92. The first-order valence-corrected chi connectivity index (χ1v) is 13.5. The number of aliphatic hydroxyl groups excluding tert-OH is 4. The summed E-state index contributed by atoms with van der Waals surface area (Å²) in [4.78, 5) is 12.4. The predicted molar refractivity (Wildman–Crippen MR) is 120 cm³/mol. The number of aliphatic hydroxyl groups is 4. The highest BCUT2D eigenvalue weighted by Crippen LogP contribution is 2.83. The van der Waals surface area contributed by atoms with Gasteiger partial charge in [0, 0.05) is 11.0 Å². The number of carbonyl (C=O) groups is 1. The van der Waals surface area contributed by atoms with Gasteiger partial charge in [0.25, 0.3) is 0 Å². The Labute approximate surface area is 213 Å². The number of carbonyl (C=O) groups excluding carboxylic acids is 1. The molecule has 5 aliphatic heterocycles. The molecule has 0 radical (unpaired) electrons. The van der Waals surface area contributed by atoms with Crippen LogP contribution in [0.25, 0.3) is 0 Å². The van der Waals surface area contributed by atoms with E-state index in [9.17, 15) is 25.2 Å². The van der Waals surface area contributed by atoms with Crippen LogP contribution in [0.4, 0.5) is 0 Å². The van der Waals surface area contributed by atoms with E-state index >= 15 is 0 Å². The Morgan fingerprint density at radius 2 is 1.86 bits per heavy atom. The molecular weight excluding hydrogens is 488 g/mol. The summed E-state index contributed by atoms with van der Waals surface area (Å²) in [6.07, 6.45) is -6.18. The van der Waals surface area contributed by atoms with Crippen molar-refractivity contribution in [2.24, 2.45) is 17.3 Å². The second-order valence-corrected chi connectivity index (χ2v) is 12.7. The Bertz CT molecular complexity index is 1110. The van der Waals surface area contributed by atoms with Gasteiger partial charge in [-0.05, 0) is 36.7 Å². The summed E-state index contributed by atoms with van der Waals surface area (Å²) < 4.78 is 37.6. The molecule has 0 aromatic heterocycles. The topological polar surface area (TPSA) is 163 Å². The van der Waals surface area contributed by atoms with Crippen molar-refractivity contribution in [2.45, 2.75) is 112 Å². The van der Waals surface area contributed by atoms with Gasteiger partial charge in [-0.2, -0.15) is 0 Å². The summed E-state index contributed by atoms with van der Waals surface area (Å²) in [5.41, 5.74) is -0.753. The van der Waals surface area contributed by atoms with Crippen LogP contribution < -0.4 is 0 Å². The molecule has 0 amide bonds. The van der Waals surface area contributed by atoms with E-state index in [-0.39, 0.29) is 41.5 Å². The number of epoxide rings is 3. The van der Waals surface area contributed by atoms with E-state index in [4.69, 9.17) is 28.4 Å². The monoisotopic (exact) mass is 522 g/mol. The minimum absolute atomic E-state index is 0.0286. The van der Waals surface area contributed by atoms with Gasteiger partial charge in [0.15, 0.2) is 11.9 Å². The molecule has 2 saturated carbocycles. The van der Waals surface area contributed by atoms with Gasteiger partial charge in [-0.25, -0.2) is 4.79 Å². The van der Waals surface area contributed by atoms with Crippen LogP contribution in [-0.4, -0.2) is 112 Å². The molecule has 6 fully saturated rings. The van der Waals surface area contributed by atoms with Gasteiger partial charge >= 0.3 is 5.97 Å². The van der Waals surface area contributed by atoms with Gasteiger partial charge < -0.3 is 48.8 Å². The zero-order chi connectivity index (χ0) is 25.9. The van der Waals surface area contributed by atoms with E-state index in [0.717, 1.165) is 17.6 Å². The molecule has 204 valence electrons. The van der Waals surface area contributed by atoms with E-state index < -0.39 is 60.2 Å². The minimum Gasteiger partial charge on any atom is -0.458 e. The van der Waals surface area contributed by atoms with Crippen LogP contribution in [0, 0.1) is 17.3 Å². The first kappa shape index (κ1) is 23.7. The number of esters is 1. The summed E-state index contributed by atoms with van der Waals surface area (Å²) in [6, 6.07) is 0. The average molecular weight is 523 g/mol. The summed E-state index contributed by atoms with van der Waals surface area (Å²) in [6.45, 7) is 6.11. The molecule has 4 N–H and O–H groups in total. The number of hydrogen-bond donors (Lipinski definition) is 4. The van der Waals surface area contributed by atoms with Crippen LogP contribution in [0.5, 0.6) is 0 Å². The van der Waals surface area contributed by atoms with Crippen LogP contribution >= 0.6 is 0 Å². The Balaban J connectivity index is 1.20. The number of ether oxygens (including phenoxy) is 6. The molecule has 14 atom stereocenters. The SMILES string of the molecule is CC(C)[C@]12O[C@H]1[C@@H]1O[C@]13[C@]1(O[C@H]1C[C@H]1C4=C(CC[C@@]13C)C(=O)OC4)[C@H]2O[C@@H]1O[C@H](CO)[C@@H](O)[C@H](O)[C@H]1O. The van der Waals surface area contributed by atoms with Crippen molar-refractivity contribution in [3.05, 3.63) is 11.1 Å². The van der Waals surface area contributed by atoms with Crippen LogP contribution in [0.3, 0.4) is 0 Å². The minimum atomic E-state index is -1.55. The molecule has 2 spiro atoms. The number of rotatable bonds is 4. The lowest BCUT2D eigenvalue weighted by atomic mass is 9.46. The largest absolute Gasteiger partial charge is 0.458 e. The molecular formula is C26H34O11. The smallest absolute Gasteiger partial charge is 0.334 e. The van der Waals surface area contributed by atoms with E-state index in [1.165, 1.54) is 0 Å². The van der Waals surface area contributed by atoms with Gasteiger partial charge in [-0.15, -0.1) is 0 Å². The van der Waals surface area contributed by atoms with Crippen molar-refractivity contribution in [1.29, 1.82) is 0 Å². The molecule has 4 saturated heterocycles. The molecule has 0 aromatic carbocycles. The maximum atomic E-state index is 12.4. The first-order valence-electron chi connectivity index (χ1n) is 13.5. The Morgan fingerprint density at radius 3 is 2.59 bits per heavy atom. The third kappa shape index (κ3) is 2.41. The van der Waals surface area contributed by atoms with E-state index in [0.29, 0.717) is 19.4 Å². The fraction of sp³-hybridized carbons (Fsp3) is 0.885. The Kier molecular flexibility index (Phi) is 4.45. The zero-order valence-corrected chi connectivity index (χ0v) is 21.0. The molecule has 0 aromatic rings. The highest BCUT2D eigenvalue weighted by atomic mass is 16.8. The van der Waals surface area contributed by atoms with E-state index in [1.807, 2.05) is 0 Å². The quantitative estimate of drug-likeness (QED) is 0.263. The van der Waals surface area contributed by atoms with Crippen molar-refractivity contribution in [1.82, 2.24) is 0 Å². The number of fused-ring (bicyclic) bond motifs is 4. The summed E-state index contributed by atoms with van der Waals surface area (Å²) in [5, 5.41) is 41.2. The van der Waals surface area contributed by atoms with Crippen LogP contribution in [0.2, 0.25) is 0 Å². The van der Waals surface area contributed by atoms with Gasteiger partial charge in [0.2, 0.25) is 0 Å². The normalized spacial score (nSPS) is 60.5. The summed E-state index contributed by atoms with van der Waals surface area (Å²) in [5.74, 6) is -0.111. The second-order valence-electron chi connectivity index (χ2n) is 12.7. The standard InChI is InChI=1S/C26H34O11/c1-9(2)24-18(36-24)19-26(37-19)23(3)5-4-10-11(8-32-20(10)31)12(23)6-14-25(26,35-14)22(24)34-21-17(30)16(29)15(28)13(7-27)33-21/h9,12-19,21-22,27-30H,4-8H2,1-3H3/t12-,13+,14-,15+,16-,17+,18-,19-,21-,22-,23-,24-,25+,26+/m0/s1. The van der Waals surface area contributed by atoms with E-state index in [1.54, 1.807) is 0 Å². The maximum absolute atomic E-state index is 12.4. The first-order chi connectivity index (χ1) is 17.6. The molecule has 11 heteroatoms. The molecule has 0 unspecified atom stereocenters. The van der Waals surface area contributed by atoms with Crippen molar-refractivity contribution >= 4 is 5.97 Å². The number of hydrogen-bond acceptors (Lipinski definition) is 11. The zero-order valence-electron chi connectivity index (χ0n) is 21.0. The maximum Gasteiger partial charge on any atom is 0.334 e. The van der Waals surface area contributed by atoms with Crippen molar-refractivity contribution in [3.63, 3.8) is 0 Å². The Hall–Kier alpha value is -1.15. The molecule has 3 aliphatic carbocycles. The predicted octanol–water partition coefficient (Wildman–Crippen LogP) is -1.07. The second kappa shape index (κ2) is 6.94. The average Bonchev–Trinajstić information content (AvgIpc) is 3.77. The lowest BCUT2D eigenvalue weighted by molar-refractivity contribution is -0.325. The third-order valence-corrected chi connectivity index (χ3v) is 11.2. The van der Waals surface area contributed by atoms with Crippen LogP contribution in [0.15, 0.2) is 11.1 Å². The molecule has 11 nitrogen and oxygen atoms in total. The van der Waals surface area contributed by atoms with Crippen molar-refractivity contribution in [2.75, 3.05) is 13.2 Å². The van der Waals surface area contributed by atoms with E-state index in [2.05, 4.69) is 20.8 Å². The van der Waals surface area contributed by atoms with Gasteiger partial charge in [0.1, 0.15) is 60.5 Å². The fourth-order valence-electron chi connectivity index (χ4n) is 9.18. The summed E-state index contributed by atoms with van der Waals surface area (Å²) in [7, 11) is 0. The lowest BCUT2D eigenvalue weighted by Crippen LogP contribution is -2.71. The van der Waals surface area contributed by atoms with Crippen LogP contribution in [0.1, 0.15) is 40.0 Å². The number of cyclic esters (lactones) is 1. The molecule has 8 aliphatic rings. The molecule has 8 rings (SSSR count). The van der Waals surface area contributed by atoms with Gasteiger partial charge in [-0.3, -0.25) is 0 Å². The third-order valence-electron chi connectivity index (χ3n) is 11.2.